The van der Waals surface area contributed by atoms with Crippen LogP contribution in [0, 0.1) is 13.8 Å². The van der Waals surface area contributed by atoms with E-state index in [-0.39, 0.29) is 16.9 Å². The van der Waals surface area contributed by atoms with Crippen LogP contribution in [-0.4, -0.2) is 22.1 Å². The molecule has 0 radical (unpaired) electrons. The number of phenolic OH excluding ortho intramolecular Hbond substituents is 1. The number of rotatable bonds is 3. The van der Waals surface area contributed by atoms with Gasteiger partial charge >= 0.3 is 5.97 Å². The highest BCUT2D eigenvalue weighted by Gasteiger charge is 2.21. The molecular formula is C16H15NO4. The van der Waals surface area contributed by atoms with Crippen molar-refractivity contribution in [3.63, 3.8) is 0 Å². The van der Waals surface area contributed by atoms with Crippen LogP contribution in [0.15, 0.2) is 36.4 Å². The van der Waals surface area contributed by atoms with E-state index >= 15 is 0 Å². The molecule has 0 aliphatic carbocycles. The number of carboxylic acids is 1. The van der Waals surface area contributed by atoms with Gasteiger partial charge in [-0.25, -0.2) is 4.79 Å². The summed E-state index contributed by atoms with van der Waals surface area (Å²) >= 11 is 0. The van der Waals surface area contributed by atoms with E-state index in [1.54, 1.807) is 38.1 Å². The van der Waals surface area contributed by atoms with Crippen LogP contribution in [0.2, 0.25) is 0 Å². The number of aromatic carboxylic acids is 1. The maximum Gasteiger partial charge on any atom is 0.336 e. The first-order chi connectivity index (χ1) is 9.90. The number of anilines is 1. The molecule has 0 aromatic heterocycles. The van der Waals surface area contributed by atoms with Crippen molar-refractivity contribution < 1.29 is 19.8 Å². The molecule has 0 aliphatic rings. The third kappa shape index (κ3) is 3.02. The first kappa shape index (κ1) is 14.6. The Morgan fingerprint density at radius 2 is 1.43 bits per heavy atom. The molecule has 108 valence electrons. The molecule has 0 unspecified atom stereocenters. The van der Waals surface area contributed by atoms with Crippen LogP contribution in [0.1, 0.15) is 31.8 Å². The second-order valence-corrected chi connectivity index (χ2v) is 4.76. The number of carbonyl (C=O) groups excluding carboxylic acids is 1. The fourth-order valence-corrected chi connectivity index (χ4v) is 2.12. The highest BCUT2D eigenvalue weighted by Crippen LogP contribution is 2.21. The molecule has 2 aromatic carbocycles. The number of carboxylic acid groups (broad SMARTS) is 1. The number of hydrogen-bond donors (Lipinski definition) is 3. The number of aryl methyl sites for hydroxylation is 2. The van der Waals surface area contributed by atoms with Crippen LogP contribution in [0.5, 0.6) is 5.75 Å². The Bertz CT molecular complexity index is 705. The van der Waals surface area contributed by atoms with Crippen molar-refractivity contribution in [2.45, 2.75) is 13.8 Å². The molecule has 1 amide bonds. The first-order valence-electron chi connectivity index (χ1n) is 6.34. The van der Waals surface area contributed by atoms with Crippen molar-refractivity contribution in [2.75, 3.05) is 5.32 Å². The van der Waals surface area contributed by atoms with Crippen molar-refractivity contribution >= 4 is 17.6 Å². The third-order valence-corrected chi connectivity index (χ3v) is 3.19. The lowest BCUT2D eigenvalue weighted by Gasteiger charge is -2.12. The highest BCUT2D eigenvalue weighted by molar-refractivity contribution is 6.12. The maximum atomic E-state index is 12.4. The summed E-state index contributed by atoms with van der Waals surface area (Å²) < 4.78 is 0. The summed E-state index contributed by atoms with van der Waals surface area (Å²) in [6, 6.07) is 9.36. The second-order valence-electron chi connectivity index (χ2n) is 4.76. The lowest BCUT2D eigenvalue weighted by Crippen LogP contribution is -2.19. The van der Waals surface area contributed by atoms with Gasteiger partial charge in [0.15, 0.2) is 0 Å². The Morgan fingerprint density at radius 1 is 0.905 bits per heavy atom. The summed E-state index contributed by atoms with van der Waals surface area (Å²) in [5.41, 5.74) is 1.76. The predicted molar refractivity (Wildman–Crippen MR) is 78.9 cm³/mol. The van der Waals surface area contributed by atoms with E-state index in [1.165, 1.54) is 12.1 Å². The van der Waals surface area contributed by atoms with Gasteiger partial charge in [0.25, 0.3) is 5.91 Å². The van der Waals surface area contributed by atoms with Gasteiger partial charge in [0.2, 0.25) is 0 Å². The molecule has 2 rings (SSSR count). The second kappa shape index (κ2) is 5.66. The van der Waals surface area contributed by atoms with E-state index in [1.807, 2.05) is 0 Å². The third-order valence-electron chi connectivity index (χ3n) is 3.19. The topological polar surface area (TPSA) is 86.6 Å². The quantitative estimate of drug-likeness (QED) is 0.757. The number of aromatic hydroxyl groups is 1. The Balaban J connectivity index is 2.41. The van der Waals surface area contributed by atoms with Crippen LogP contribution < -0.4 is 5.32 Å². The van der Waals surface area contributed by atoms with Gasteiger partial charge in [-0.2, -0.15) is 0 Å². The first-order valence-corrected chi connectivity index (χ1v) is 6.34. The number of benzene rings is 2. The average Bonchev–Trinajstić information content (AvgIpc) is 2.43. The lowest BCUT2D eigenvalue weighted by molar-refractivity contribution is 0.0691. The lowest BCUT2D eigenvalue weighted by atomic mass is 9.96. The molecule has 5 heteroatoms. The van der Waals surface area contributed by atoms with Crippen molar-refractivity contribution in [3.8, 4) is 5.75 Å². The van der Waals surface area contributed by atoms with Crippen molar-refractivity contribution in [2.24, 2.45) is 0 Å². The number of carbonyl (C=O) groups is 2. The predicted octanol–water partition coefficient (Wildman–Crippen LogP) is 2.96. The van der Waals surface area contributed by atoms with Crippen LogP contribution in [0.4, 0.5) is 5.69 Å². The molecule has 0 aliphatic heterocycles. The summed E-state index contributed by atoms with van der Waals surface area (Å²) in [7, 11) is 0. The molecule has 0 atom stereocenters. The Kier molecular flexibility index (Phi) is 3.93. The van der Waals surface area contributed by atoms with Gasteiger partial charge < -0.3 is 15.5 Å². The van der Waals surface area contributed by atoms with Crippen LogP contribution in [0.25, 0.3) is 0 Å². The number of phenols is 1. The van der Waals surface area contributed by atoms with E-state index in [9.17, 15) is 19.8 Å². The maximum absolute atomic E-state index is 12.4. The Labute approximate surface area is 121 Å². The van der Waals surface area contributed by atoms with Crippen LogP contribution in [-0.2, 0) is 0 Å². The summed E-state index contributed by atoms with van der Waals surface area (Å²) in [5.74, 6) is -1.53. The van der Waals surface area contributed by atoms with Gasteiger partial charge in [0, 0.05) is 5.69 Å². The van der Waals surface area contributed by atoms with E-state index in [4.69, 9.17) is 0 Å². The fraction of sp³-hybridized carbons (Fsp3) is 0.125. The monoisotopic (exact) mass is 285 g/mol. The summed E-state index contributed by atoms with van der Waals surface area (Å²) in [6.07, 6.45) is 0. The van der Waals surface area contributed by atoms with Gasteiger partial charge in [-0.05, 0) is 49.2 Å². The van der Waals surface area contributed by atoms with Crippen LogP contribution >= 0.6 is 0 Å². The molecule has 0 saturated carbocycles. The zero-order valence-corrected chi connectivity index (χ0v) is 11.7. The van der Waals surface area contributed by atoms with E-state index in [0.29, 0.717) is 16.8 Å². The normalized spacial score (nSPS) is 10.2. The summed E-state index contributed by atoms with van der Waals surface area (Å²) in [4.78, 5) is 23.7. The SMILES string of the molecule is Cc1ccc(C)c(C(=O)Nc2ccc(O)cc2)c1C(=O)O. The standard InChI is InChI=1S/C16H15NO4/c1-9-3-4-10(2)14(16(20)21)13(9)15(19)17-11-5-7-12(18)8-6-11/h3-8,18H,1-2H3,(H,17,19)(H,20,21). The van der Waals surface area contributed by atoms with Gasteiger partial charge in [0.05, 0.1) is 11.1 Å². The number of nitrogens with one attached hydrogen (secondary N) is 1. The Hall–Kier alpha value is -2.82. The minimum Gasteiger partial charge on any atom is -0.508 e. The van der Waals surface area contributed by atoms with Gasteiger partial charge in [-0.15, -0.1) is 0 Å². The molecule has 0 fully saturated rings. The zero-order valence-electron chi connectivity index (χ0n) is 11.7. The van der Waals surface area contributed by atoms with Gasteiger partial charge in [-0.3, -0.25) is 4.79 Å². The minimum absolute atomic E-state index is 0.00581. The van der Waals surface area contributed by atoms with Gasteiger partial charge in [-0.1, -0.05) is 12.1 Å². The fourth-order valence-electron chi connectivity index (χ4n) is 2.12. The molecule has 21 heavy (non-hydrogen) atoms. The van der Waals surface area contributed by atoms with Crippen molar-refractivity contribution in [1.29, 1.82) is 0 Å². The van der Waals surface area contributed by atoms with E-state index in [0.717, 1.165) is 0 Å². The van der Waals surface area contributed by atoms with Crippen molar-refractivity contribution in [1.82, 2.24) is 0 Å². The zero-order chi connectivity index (χ0) is 15.6. The summed E-state index contributed by atoms with van der Waals surface area (Å²) in [6.45, 7) is 3.35. The minimum atomic E-state index is -1.13. The van der Waals surface area contributed by atoms with Crippen LogP contribution in [0.3, 0.4) is 0 Å². The average molecular weight is 285 g/mol. The van der Waals surface area contributed by atoms with E-state index < -0.39 is 11.9 Å². The molecule has 0 heterocycles. The molecule has 5 nitrogen and oxygen atoms in total. The number of amides is 1. The molecular weight excluding hydrogens is 270 g/mol. The smallest absolute Gasteiger partial charge is 0.336 e. The van der Waals surface area contributed by atoms with E-state index in [2.05, 4.69) is 5.32 Å². The summed E-state index contributed by atoms with van der Waals surface area (Å²) in [5, 5.41) is 21.2. The molecule has 3 N–H and O–H groups in total. The molecule has 2 aromatic rings. The van der Waals surface area contributed by atoms with Gasteiger partial charge in [0.1, 0.15) is 5.75 Å². The van der Waals surface area contributed by atoms with Crippen molar-refractivity contribution in [3.05, 3.63) is 58.7 Å². The molecule has 0 saturated heterocycles. The molecule has 0 spiro atoms. The number of hydrogen-bond acceptors (Lipinski definition) is 3. The highest BCUT2D eigenvalue weighted by atomic mass is 16.4. The Morgan fingerprint density at radius 3 is 1.95 bits per heavy atom. The molecule has 0 bridgehead atoms. The largest absolute Gasteiger partial charge is 0.508 e.